The second-order valence-corrected chi connectivity index (χ2v) is 5.16. The third-order valence-corrected chi connectivity index (χ3v) is 3.64. The number of benzene rings is 2. The number of carbonyl (C=O) groups excluding carboxylic acids is 1. The summed E-state index contributed by atoms with van der Waals surface area (Å²) in [6.07, 6.45) is 0. The van der Waals surface area contributed by atoms with E-state index in [2.05, 4.69) is 5.10 Å². The molecule has 3 rings (SSSR count). The average molecular weight is 306 g/mol. The van der Waals surface area contributed by atoms with Gasteiger partial charge in [-0.25, -0.2) is 9.48 Å². The van der Waals surface area contributed by atoms with Gasteiger partial charge in [0.05, 0.1) is 18.0 Å². The number of aromatic nitrogens is 2. The predicted molar refractivity (Wildman–Crippen MR) is 89.7 cm³/mol. The molecule has 0 aliphatic carbocycles. The summed E-state index contributed by atoms with van der Waals surface area (Å²) in [4.78, 5) is 12.4. The second-order valence-electron chi connectivity index (χ2n) is 5.16. The number of carbonyl (C=O) groups is 1. The molecule has 0 bridgehead atoms. The summed E-state index contributed by atoms with van der Waals surface area (Å²) in [7, 11) is 0. The maximum Gasteiger partial charge on any atom is 0.357 e. The Bertz CT molecular complexity index is 808. The van der Waals surface area contributed by atoms with Crippen LogP contribution in [0, 0.1) is 6.92 Å². The summed E-state index contributed by atoms with van der Waals surface area (Å²) in [5.74, 6) is -0.358. The van der Waals surface area contributed by atoms with E-state index in [4.69, 9.17) is 4.74 Å². The molecule has 1 aromatic heterocycles. The lowest BCUT2D eigenvalue weighted by molar-refractivity contribution is 0.0515. The Balaban J connectivity index is 2.20. The van der Waals surface area contributed by atoms with Gasteiger partial charge in [-0.3, -0.25) is 0 Å². The number of hydrogen-bond acceptors (Lipinski definition) is 3. The zero-order chi connectivity index (χ0) is 16.2. The van der Waals surface area contributed by atoms with Crippen molar-refractivity contribution in [2.75, 3.05) is 6.61 Å². The van der Waals surface area contributed by atoms with E-state index in [0.717, 1.165) is 22.5 Å². The second kappa shape index (κ2) is 6.48. The Hall–Kier alpha value is -2.88. The molecular weight excluding hydrogens is 288 g/mol. The van der Waals surface area contributed by atoms with Gasteiger partial charge in [0.15, 0.2) is 5.69 Å². The van der Waals surface area contributed by atoms with Gasteiger partial charge in [-0.15, -0.1) is 0 Å². The van der Waals surface area contributed by atoms with Gasteiger partial charge in [-0.05, 0) is 26.0 Å². The van der Waals surface area contributed by atoms with E-state index in [1.807, 2.05) is 67.6 Å². The molecule has 0 saturated heterocycles. The third kappa shape index (κ3) is 2.88. The summed E-state index contributed by atoms with van der Waals surface area (Å²) in [6.45, 7) is 4.04. The molecule has 0 amide bonds. The first-order chi connectivity index (χ1) is 11.2. The number of ether oxygens (including phenoxy) is 1. The van der Waals surface area contributed by atoms with E-state index in [9.17, 15) is 4.79 Å². The SMILES string of the molecule is CCOC(=O)c1c(C)c(-c2ccccc2)nn1-c1ccccc1. The van der Waals surface area contributed by atoms with Crippen LogP contribution in [0.4, 0.5) is 0 Å². The molecule has 0 saturated carbocycles. The van der Waals surface area contributed by atoms with Crippen molar-refractivity contribution < 1.29 is 9.53 Å². The topological polar surface area (TPSA) is 44.1 Å². The minimum Gasteiger partial charge on any atom is -0.461 e. The molecule has 0 fully saturated rings. The first kappa shape index (κ1) is 15.0. The zero-order valence-electron chi connectivity index (χ0n) is 13.2. The first-order valence-corrected chi connectivity index (χ1v) is 7.60. The highest BCUT2D eigenvalue weighted by Gasteiger charge is 2.23. The molecule has 3 aromatic rings. The Kier molecular flexibility index (Phi) is 4.24. The van der Waals surface area contributed by atoms with Crippen LogP contribution >= 0.6 is 0 Å². The van der Waals surface area contributed by atoms with Crippen LogP contribution in [0.2, 0.25) is 0 Å². The van der Waals surface area contributed by atoms with Crippen molar-refractivity contribution in [1.29, 1.82) is 0 Å². The first-order valence-electron chi connectivity index (χ1n) is 7.60. The fraction of sp³-hybridized carbons (Fsp3) is 0.158. The molecule has 0 N–H and O–H groups in total. The molecule has 23 heavy (non-hydrogen) atoms. The van der Waals surface area contributed by atoms with Crippen molar-refractivity contribution in [2.24, 2.45) is 0 Å². The maximum absolute atomic E-state index is 12.4. The van der Waals surface area contributed by atoms with Crippen LogP contribution in [0.25, 0.3) is 16.9 Å². The van der Waals surface area contributed by atoms with Crippen LogP contribution in [0.5, 0.6) is 0 Å². The molecule has 4 heteroatoms. The van der Waals surface area contributed by atoms with Crippen molar-refractivity contribution >= 4 is 5.97 Å². The van der Waals surface area contributed by atoms with Gasteiger partial charge < -0.3 is 4.74 Å². The Morgan fingerprint density at radius 1 is 1.04 bits per heavy atom. The lowest BCUT2D eigenvalue weighted by Gasteiger charge is -2.07. The number of nitrogens with zero attached hydrogens (tertiary/aromatic N) is 2. The van der Waals surface area contributed by atoms with Crippen LogP contribution < -0.4 is 0 Å². The van der Waals surface area contributed by atoms with Gasteiger partial charge in [-0.2, -0.15) is 5.10 Å². The Labute approximate surface area is 135 Å². The monoisotopic (exact) mass is 306 g/mol. The fourth-order valence-corrected chi connectivity index (χ4v) is 2.56. The number of rotatable bonds is 4. The molecule has 0 spiro atoms. The summed E-state index contributed by atoms with van der Waals surface area (Å²) >= 11 is 0. The molecule has 116 valence electrons. The summed E-state index contributed by atoms with van der Waals surface area (Å²) in [5.41, 5.74) is 3.89. The Morgan fingerprint density at radius 2 is 1.65 bits per heavy atom. The minimum absolute atomic E-state index is 0.332. The lowest BCUT2D eigenvalue weighted by atomic mass is 10.1. The highest BCUT2D eigenvalue weighted by molar-refractivity contribution is 5.92. The summed E-state index contributed by atoms with van der Waals surface area (Å²) < 4.78 is 6.88. The van der Waals surface area contributed by atoms with Crippen molar-refractivity contribution in [3.8, 4) is 16.9 Å². The quantitative estimate of drug-likeness (QED) is 0.684. The van der Waals surface area contributed by atoms with E-state index in [0.29, 0.717) is 12.3 Å². The summed E-state index contributed by atoms with van der Waals surface area (Å²) in [6, 6.07) is 19.5. The largest absolute Gasteiger partial charge is 0.461 e. The third-order valence-electron chi connectivity index (χ3n) is 3.64. The van der Waals surface area contributed by atoms with Crippen molar-refractivity contribution in [1.82, 2.24) is 9.78 Å². The lowest BCUT2D eigenvalue weighted by Crippen LogP contribution is -2.13. The molecule has 0 unspecified atom stereocenters. The van der Waals surface area contributed by atoms with Gasteiger partial charge >= 0.3 is 5.97 Å². The highest BCUT2D eigenvalue weighted by atomic mass is 16.5. The molecule has 2 aromatic carbocycles. The van der Waals surface area contributed by atoms with Gasteiger partial charge in [0.1, 0.15) is 0 Å². The van der Waals surface area contributed by atoms with Crippen LogP contribution in [-0.4, -0.2) is 22.4 Å². The van der Waals surface area contributed by atoms with Gasteiger partial charge in [0.2, 0.25) is 0 Å². The van der Waals surface area contributed by atoms with Crippen molar-refractivity contribution in [2.45, 2.75) is 13.8 Å². The standard InChI is InChI=1S/C19H18N2O2/c1-3-23-19(22)18-14(2)17(15-10-6-4-7-11-15)20-21(18)16-12-8-5-9-13-16/h4-13H,3H2,1-2H3. The van der Waals surface area contributed by atoms with E-state index in [1.165, 1.54) is 0 Å². The molecular formula is C19H18N2O2. The van der Waals surface area contributed by atoms with Crippen molar-refractivity contribution in [3.63, 3.8) is 0 Å². The van der Waals surface area contributed by atoms with Gasteiger partial charge in [-0.1, -0.05) is 48.5 Å². The fourth-order valence-electron chi connectivity index (χ4n) is 2.56. The number of para-hydroxylation sites is 1. The normalized spacial score (nSPS) is 10.5. The number of hydrogen-bond donors (Lipinski definition) is 0. The van der Waals surface area contributed by atoms with Crippen LogP contribution in [0.15, 0.2) is 60.7 Å². The molecule has 0 atom stereocenters. The van der Waals surface area contributed by atoms with Gasteiger partial charge in [0, 0.05) is 11.1 Å². The maximum atomic E-state index is 12.4. The van der Waals surface area contributed by atoms with Crippen molar-refractivity contribution in [3.05, 3.63) is 71.9 Å². The van der Waals surface area contributed by atoms with E-state index >= 15 is 0 Å². The van der Waals surface area contributed by atoms with Gasteiger partial charge in [0.25, 0.3) is 0 Å². The zero-order valence-corrected chi connectivity index (χ0v) is 13.2. The number of esters is 1. The molecule has 0 aliphatic heterocycles. The summed E-state index contributed by atoms with van der Waals surface area (Å²) in [5, 5.41) is 4.67. The highest BCUT2D eigenvalue weighted by Crippen LogP contribution is 2.27. The smallest absolute Gasteiger partial charge is 0.357 e. The predicted octanol–water partition coefficient (Wildman–Crippen LogP) is 4.02. The minimum atomic E-state index is -0.358. The Morgan fingerprint density at radius 3 is 2.26 bits per heavy atom. The van der Waals surface area contributed by atoms with E-state index in [-0.39, 0.29) is 5.97 Å². The molecule has 1 heterocycles. The van der Waals surface area contributed by atoms with Crippen LogP contribution in [-0.2, 0) is 4.74 Å². The molecule has 0 aliphatic rings. The average Bonchev–Trinajstić information content (AvgIpc) is 2.94. The molecule has 0 radical (unpaired) electrons. The van der Waals surface area contributed by atoms with E-state index < -0.39 is 0 Å². The molecule has 4 nitrogen and oxygen atoms in total. The van der Waals surface area contributed by atoms with Crippen LogP contribution in [0.3, 0.4) is 0 Å². The van der Waals surface area contributed by atoms with Crippen LogP contribution in [0.1, 0.15) is 23.0 Å². The van der Waals surface area contributed by atoms with E-state index in [1.54, 1.807) is 11.6 Å².